The van der Waals surface area contributed by atoms with Crippen molar-refractivity contribution in [2.75, 3.05) is 6.54 Å². The fourth-order valence-corrected chi connectivity index (χ4v) is 5.27. The molecule has 0 radical (unpaired) electrons. The molecule has 1 aliphatic carbocycles. The highest BCUT2D eigenvalue weighted by Gasteiger charge is 2.27. The molecule has 29 heavy (non-hydrogen) atoms. The van der Waals surface area contributed by atoms with Gasteiger partial charge in [0.05, 0.1) is 4.90 Å². The Kier molecular flexibility index (Phi) is 6.49. The molecule has 158 valence electrons. The number of nitrogens with one attached hydrogen (secondary N) is 2. The van der Waals surface area contributed by atoms with Crippen molar-refractivity contribution in [1.29, 1.82) is 0 Å². The van der Waals surface area contributed by atoms with Gasteiger partial charge in [-0.05, 0) is 63.8 Å². The predicted octanol–water partition coefficient (Wildman–Crippen LogP) is 4.20. The van der Waals surface area contributed by atoms with Crippen LogP contribution in [0.4, 0.5) is 4.79 Å². The summed E-state index contributed by atoms with van der Waals surface area (Å²) in [6.45, 7) is 6.05. The number of fused-ring (bicyclic) bond motifs is 1. The molecule has 0 atom stereocenters. The quantitative estimate of drug-likeness (QED) is 0.762. The number of benzene rings is 2. The van der Waals surface area contributed by atoms with Gasteiger partial charge in [0.2, 0.25) is 10.0 Å². The van der Waals surface area contributed by atoms with Gasteiger partial charge < -0.3 is 10.1 Å². The number of hydrogen-bond acceptors (Lipinski definition) is 4. The molecule has 1 saturated carbocycles. The van der Waals surface area contributed by atoms with E-state index in [1.807, 2.05) is 51.1 Å². The van der Waals surface area contributed by atoms with Crippen LogP contribution >= 0.6 is 0 Å². The van der Waals surface area contributed by atoms with Gasteiger partial charge in [0.1, 0.15) is 5.60 Å². The van der Waals surface area contributed by atoms with Crippen molar-refractivity contribution in [3.05, 3.63) is 42.5 Å². The minimum Gasteiger partial charge on any atom is -0.444 e. The van der Waals surface area contributed by atoms with Gasteiger partial charge >= 0.3 is 6.09 Å². The van der Waals surface area contributed by atoms with Gasteiger partial charge in [-0.3, -0.25) is 0 Å². The van der Waals surface area contributed by atoms with E-state index in [2.05, 4.69) is 10.0 Å². The molecule has 0 spiro atoms. The Hall–Kier alpha value is -2.12. The number of alkyl carbamates (subject to hydrolysis) is 1. The zero-order valence-corrected chi connectivity index (χ0v) is 18.1. The monoisotopic (exact) mass is 418 g/mol. The lowest BCUT2D eigenvalue weighted by Crippen LogP contribution is -2.40. The molecule has 0 bridgehead atoms. The summed E-state index contributed by atoms with van der Waals surface area (Å²) in [7, 11) is -3.59. The first-order chi connectivity index (χ1) is 13.6. The Morgan fingerprint density at radius 3 is 2.38 bits per heavy atom. The van der Waals surface area contributed by atoms with Crippen LogP contribution in [-0.4, -0.2) is 32.7 Å². The van der Waals surface area contributed by atoms with Crippen LogP contribution in [0.5, 0.6) is 0 Å². The summed E-state index contributed by atoms with van der Waals surface area (Å²) in [5, 5.41) is 4.46. The maximum Gasteiger partial charge on any atom is 0.407 e. The van der Waals surface area contributed by atoms with Crippen molar-refractivity contribution in [3.63, 3.8) is 0 Å². The summed E-state index contributed by atoms with van der Waals surface area (Å²) >= 11 is 0. The lowest BCUT2D eigenvalue weighted by molar-refractivity contribution is 0.0514. The second kappa shape index (κ2) is 8.71. The highest BCUT2D eigenvalue weighted by molar-refractivity contribution is 7.89. The maximum atomic E-state index is 13.0. The molecule has 0 heterocycles. The van der Waals surface area contributed by atoms with Crippen molar-refractivity contribution < 1.29 is 17.9 Å². The SMILES string of the molecule is CC(C)(C)OC(=O)NC[C@H]1CC[C@H](NS(=O)(=O)c2cccc3ccccc23)CC1. The van der Waals surface area contributed by atoms with Crippen LogP contribution in [-0.2, 0) is 14.8 Å². The van der Waals surface area contributed by atoms with Gasteiger partial charge in [0.25, 0.3) is 0 Å². The average molecular weight is 419 g/mol. The summed E-state index contributed by atoms with van der Waals surface area (Å²) in [6.07, 6.45) is 2.82. The Morgan fingerprint density at radius 2 is 1.69 bits per heavy atom. The molecule has 3 rings (SSSR count). The minimum atomic E-state index is -3.59. The number of carbonyl (C=O) groups excluding carboxylic acids is 1. The molecule has 0 unspecified atom stereocenters. The Morgan fingerprint density at radius 1 is 1.03 bits per heavy atom. The first-order valence-corrected chi connectivity index (χ1v) is 11.6. The lowest BCUT2D eigenvalue weighted by atomic mass is 9.86. The van der Waals surface area contributed by atoms with Gasteiger partial charge in [-0.1, -0.05) is 36.4 Å². The second-order valence-electron chi connectivity index (χ2n) is 8.70. The van der Waals surface area contributed by atoms with E-state index < -0.39 is 21.7 Å². The lowest BCUT2D eigenvalue weighted by Gasteiger charge is -2.29. The third-order valence-corrected chi connectivity index (χ3v) is 6.72. The molecule has 6 nitrogen and oxygen atoms in total. The molecule has 2 N–H and O–H groups in total. The van der Waals surface area contributed by atoms with E-state index in [-0.39, 0.29) is 6.04 Å². The van der Waals surface area contributed by atoms with Gasteiger partial charge in [-0.15, -0.1) is 0 Å². The van der Waals surface area contributed by atoms with E-state index in [1.165, 1.54) is 0 Å². The summed E-state index contributed by atoms with van der Waals surface area (Å²) in [4.78, 5) is 12.1. The van der Waals surface area contributed by atoms with Crippen LogP contribution in [0.15, 0.2) is 47.4 Å². The molecule has 2 aromatic carbocycles. The summed E-state index contributed by atoms with van der Waals surface area (Å²) in [5.74, 6) is 0.334. The largest absolute Gasteiger partial charge is 0.444 e. The molecule has 0 aromatic heterocycles. The zero-order valence-electron chi connectivity index (χ0n) is 17.3. The minimum absolute atomic E-state index is 0.0863. The van der Waals surface area contributed by atoms with E-state index in [9.17, 15) is 13.2 Å². The van der Waals surface area contributed by atoms with E-state index in [0.717, 1.165) is 36.5 Å². The predicted molar refractivity (Wildman–Crippen MR) is 114 cm³/mol. The highest BCUT2D eigenvalue weighted by atomic mass is 32.2. The molecule has 1 amide bonds. The topological polar surface area (TPSA) is 84.5 Å². The van der Waals surface area contributed by atoms with Crippen molar-refractivity contribution in [3.8, 4) is 0 Å². The van der Waals surface area contributed by atoms with Crippen LogP contribution in [0.2, 0.25) is 0 Å². The van der Waals surface area contributed by atoms with Crippen molar-refractivity contribution in [2.24, 2.45) is 5.92 Å². The molecule has 2 aromatic rings. The number of sulfonamides is 1. The van der Waals surface area contributed by atoms with Crippen LogP contribution in [0.3, 0.4) is 0 Å². The second-order valence-corrected chi connectivity index (χ2v) is 10.4. The van der Waals surface area contributed by atoms with Crippen molar-refractivity contribution >= 4 is 26.9 Å². The van der Waals surface area contributed by atoms with Gasteiger partial charge in [-0.2, -0.15) is 0 Å². The number of carbonyl (C=O) groups is 1. The van der Waals surface area contributed by atoms with E-state index >= 15 is 0 Å². The fourth-order valence-electron chi connectivity index (χ4n) is 3.74. The molecule has 0 aliphatic heterocycles. The molecule has 1 fully saturated rings. The third kappa shape index (κ3) is 5.93. The number of amides is 1. The third-order valence-electron chi connectivity index (χ3n) is 5.14. The standard InChI is InChI=1S/C22H30N2O4S/c1-22(2,3)28-21(25)23-15-16-11-13-18(14-12-16)24-29(26,27)20-10-6-8-17-7-4-5-9-19(17)20/h4-10,16,18,24H,11-15H2,1-3H3,(H,23,25)/t16-,18-. The van der Waals surface area contributed by atoms with Crippen molar-refractivity contribution in [2.45, 2.75) is 63.0 Å². The first kappa shape index (κ1) is 21.6. The van der Waals surface area contributed by atoms with E-state index in [1.54, 1.807) is 12.1 Å². The van der Waals surface area contributed by atoms with Gasteiger partial charge in [0, 0.05) is 18.0 Å². The van der Waals surface area contributed by atoms with E-state index in [4.69, 9.17) is 4.74 Å². The average Bonchev–Trinajstić information content (AvgIpc) is 2.65. The smallest absolute Gasteiger partial charge is 0.407 e. The normalized spacial score (nSPS) is 20.4. The van der Waals surface area contributed by atoms with Crippen LogP contribution in [0, 0.1) is 5.92 Å². The number of rotatable bonds is 5. The number of ether oxygens (including phenoxy) is 1. The van der Waals surface area contributed by atoms with Gasteiger partial charge in [0.15, 0.2) is 0 Å². The Labute approximate surface area is 173 Å². The van der Waals surface area contributed by atoms with Gasteiger partial charge in [-0.25, -0.2) is 17.9 Å². The van der Waals surface area contributed by atoms with E-state index in [0.29, 0.717) is 17.4 Å². The zero-order chi connectivity index (χ0) is 21.1. The summed E-state index contributed by atoms with van der Waals surface area (Å²) in [5.41, 5.74) is -0.512. The molecule has 1 aliphatic rings. The summed E-state index contributed by atoms with van der Waals surface area (Å²) in [6, 6.07) is 12.8. The fraction of sp³-hybridized carbons (Fsp3) is 0.500. The maximum absolute atomic E-state index is 13.0. The van der Waals surface area contributed by atoms with Crippen LogP contribution in [0.1, 0.15) is 46.5 Å². The summed E-state index contributed by atoms with van der Waals surface area (Å²) < 4.78 is 34.1. The van der Waals surface area contributed by atoms with Crippen LogP contribution in [0.25, 0.3) is 10.8 Å². The Bertz CT molecular complexity index is 953. The molecule has 7 heteroatoms. The molecule has 0 saturated heterocycles. The first-order valence-electron chi connectivity index (χ1n) is 10.1. The molecular formula is C22H30N2O4S. The number of hydrogen-bond donors (Lipinski definition) is 2. The highest BCUT2D eigenvalue weighted by Crippen LogP contribution is 2.27. The Balaban J connectivity index is 1.54. The van der Waals surface area contributed by atoms with Crippen molar-refractivity contribution in [1.82, 2.24) is 10.0 Å². The van der Waals surface area contributed by atoms with Crippen LogP contribution < -0.4 is 10.0 Å². The molecular weight excluding hydrogens is 388 g/mol.